The zero-order valence-corrected chi connectivity index (χ0v) is 22.1. The van der Waals surface area contributed by atoms with Crippen molar-refractivity contribution < 1.29 is 0 Å². The fourth-order valence-electron chi connectivity index (χ4n) is 7.12. The molecule has 5 aromatic heterocycles. The number of benzene rings is 5. The minimum absolute atomic E-state index is 0.313. The summed E-state index contributed by atoms with van der Waals surface area (Å²) in [5.41, 5.74) is 6.43. The van der Waals surface area contributed by atoms with Crippen LogP contribution in [0.1, 0.15) is 5.69 Å². The highest BCUT2D eigenvalue weighted by molar-refractivity contribution is 6.37. The second kappa shape index (κ2) is 7.57. The van der Waals surface area contributed by atoms with E-state index in [0.29, 0.717) is 22.7 Å². The maximum atomic E-state index is 10.0. The summed E-state index contributed by atoms with van der Waals surface area (Å²) in [5.74, 6) is 0.441. The number of hydrogen-bond donors (Lipinski definition) is 0. The Bertz CT molecular complexity index is 2810. The fourth-order valence-corrected chi connectivity index (χ4v) is 7.12. The summed E-state index contributed by atoms with van der Waals surface area (Å²) in [6.45, 7) is 0. The summed E-state index contributed by atoms with van der Waals surface area (Å²) in [6, 6.07) is 38.4. The average molecular weight is 535 g/mol. The van der Waals surface area contributed by atoms with Crippen molar-refractivity contribution in [2.24, 2.45) is 0 Å². The quantitative estimate of drug-likeness (QED) is 0.212. The zero-order valence-electron chi connectivity index (χ0n) is 22.1. The lowest BCUT2D eigenvalue weighted by atomic mass is 10.0. The molecule has 0 saturated heterocycles. The number of hydrogen-bond acceptors (Lipinski definition) is 4. The third-order valence-electron chi connectivity index (χ3n) is 8.75. The van der Waals surface area contributed by atoms with Gasteiger partial charge >= 0.3 is 0 Å². The fraction of sp³-hybridized carbons (Fsp3) is 0. The van der Waals surface area contributed by atoms with Gasteiger partial charge in [-0.05, 0) is 35.7 Å². The molecule has 0 atom stereocenters. The Morgan fingerprint density at radius 3 is 2.21 bits per heavy atom. The lowest BCUT2D eigenvalue weighted by Crippen LogP contribution is -2.04. The van der Waals surface area contributed by atoms with Gasteiger partial charge in [-0.3, -0.25) is 4.57 Å². The lowest BCUT2D eigenvalue weighted by molar-refractivity contribution is 0.994. The van der Waals surface area contributed by atoms with Gasteiger partial charge in [-0.15, -0.1) is 0 Å². The van der Waals surface area contributed by atoms with Crippen molar-refractivity contribution in [2.45, 2.75) is 0 Å². The van der Waals surface area contributed by atoms with Crippen LogP contribution in [0.5, 0.6) is 0 Å². The van der Waals surface area contributed by atoms with E-state index in [4.69, 9.17) is 9.97 Å². The zero-order chi connectivity index (χ0) is 27.5. The second-order valence-electron chi connectivity index (χ2n) is 10.8. The molecule has 0 fully saturated rings. The van der Waals surface area contributed by atoms with E-state index in [2.05, 4.69) is 105 Å². The molecule has 0 amide bonds. The largest absolute Gasteiger partial charge is 0.307 e. The first-order valence-corrected chi connectivity index (χ1v) is 13.9. The summed E-state index contributed by atoms with van der Waals surface area (Å²) < 4.78 is 4.55. The van der Waals surface area contributed by atoms with Crippen LogP contribution in [0.3, 0.4) is 0 Å². The molecule has 6 nitrogen and oxygen atoms in total. The molecule has 6 heteroatoms. The molecule has 0 saturated carbocycles. The van der Waals surface area contributed by atoms with Gasteiger partial charge in [0.15, 0.2) is 11.3 Å². The maximum absolute atomic E-state index is 10.0. The summed E-state index contributed by atoms with van der Waals surface area (Å²) in [7, 11) is 0. The molecule has 0 aliphatic heterocycles. The second-order valence-corrected chi connectivity index (χ2v) is 10.8. The normalized spacial score (nSPS) is 12.3. The van der Waals surface area contributed by atoms with Crippen molar-refractivity contribution in [1.29, 1.82) is 5.26 Å². The van der Waals surface area contributed by atoms with E-state index >= 15 is 0 Å². The molecule has 192 valence electrons. The van der Waals surface area contributed by atoms with Crippen molar-refractivity contribution in [3.05, 3.63) is 115 Å². The van der Waals surface area contributed by atoms with Gasteiger partial charge in [0, 0.05) is 43.9 Å². The van der Waals surface area contributed by atoms with Crippen LogP contribution in [0.25, 0.3) is 87.7 Å². The van der Waals surface area contributed by atoms with Crippen LogP contribution in [0.2, 0.25) is 0 Å². The Morgan fingerprint density at radius 2 is 1.33 bits per heavy atom. The van der Waals surface area contributed by atoms with Crippen LogP contribution >= 0.6 is 0 Å². The Labute approximate surface area is 237 Å². The Balaban J connectivity index is 1.51. The van der Waals surface area contributed by atoms with Gasteiger partial charge in [0.05, 0.1) is 33.0 Å². The van der Waals surface area contributed by atoms with Gasteiger partial charge in [-0.25, -0.2) is 9.97 Å². The Kier molecular flexibility index (Phi) is 3.91. The number of pyridine rings is 1. The first kappa shape index (κ1) is 21.7. The van der Waals surface area contributed by atoms with Crippen molar-refractivity contribution in [3.63, 3.8) is 0 Å². The third kappa shape index (κ3) is 2.52. The first-order chi connectivity index (χ1) is 20.8. The average Bonchev–Trinajstić information content (AvgIpc) is 3.68. The van der Waals surface area contributed by atoms with Crippen LogP contribution in [0.15, 0.2) is 109 Å². The lowest BCUT2D eigenvalue weighted by Gasteiger charge is -2.08. The molecular formula is C36H18N6. The minimum atomic E-state index is 0.313. The smallest absolute Gasteiger partial charge is 0.238 e. The molecule has 0 bridgehead atoms. The minimum Gasteiger partial charge on any atom is -0.307 e. The molecule has 42 heavy (non-hydrogen) atoms. The molecule has 0 unspecified atom stereocenters. The molecular weight excluding hydrogens is 516 g/mol. The van der Waals surface area contributed by atoms with Crippen molar-refractivity contribution in [2.75, 3.05) is 0 Å². The molecule has 10 aromatic rings. The molecule has 0 aliphatic carbocycles. The van der Waals surface area contributed by atoms with E-state index in [1.807, 2.05) is 18.2 Å². The standard InChI is InChI=1S/C36H18N6/c37-19-27-23-12-7-17-38-35(23)40-36(39-27)41-29-14-6-4-11-24(29)31-30(41)18-26-22-10-3-5-13-28(22)42-33-21-9-2-1-8-20(21)15-16-25(33)32(31)34(26)42/h1-18H. The maximum Gasteiger partial charge on any atom is 0.238 e. The van der Waals surface area contributed by atoms with Gasteiger partial charge in [0.2, 0.25) is 5.95 Å². The number of nitrogens with zero attached hydrogens (tertiary/aromatic N) is 6. The highest BCUT2D eigenvalue weighted by Gasteiger charge is 2.25. The van der Waals surface area contributed by atoms with Crippen LogP contribution < -0.4 is 0 Å². The van der Waals surface area contributed by atoms with Crippen molar-refractivity contribution in [3.8, 4) is 12.0 Å². The van der Waals surface area contributed by atoms with E-state index in [9.17, 15) is 5.26 Å². The number of aromatic nitrogens is 5. The molecule has 10 rings (SSSR count). The summed E-state index contributed by atoms with van der Waals surface area (Å²) in [5, 5.41) is 20.2. The predicted octanol–water partition coefficient (Wildman–Crippen LogP) is 8.30. The van der Waals surface area contributed by atoms with Crippen LogP contribution in [0, 0.1) is 11.3 Å². The van der Waals surface area contributed by atoms with Gasteiger partial charge in [-0.1, -0.05) is 72.8 Å². The van der Waals surface area contributed by atoms with Crippen LogP contribution in [-0.2, 0) is 0 Å². The number of nitriles is 1. The molecule has 0 radical (unpaired) electrons. The van der Waals surface area contributed by atoms with Crippen LogP contribution in [0.4, 0.5) is 0 Å². The van der Waals surface area contributed by atoms with Gasteiger partial charge in [0.25, 0.3) is 0 Å². The summed E-state index contributed by atoms with van der Waals surface area (Å²) in [6.07, 6.45) is 1.70. The molecule has 0 spiro atoms. The van der Waals surface area contributed by atoms with Crippen molar-refractivity contribution >= 4 is 81.7 Å². The monoisotopic (exact) mass is 534 g/mol. The first-order valence-electron chi connectivity index (χ1n) is 13.9. The van der Waals surface area contributed by atoms with Crippen LogP contribution in [-0.4, -0.2) is 23.9 Å². The third-order valence-corrected chi connectivity index (χ3v) is 8.75. The Morgan fingerprint density at radius 1 is 0.571 bits per heavy atom. The molecule has 5 heterocycles. The molecule has 0 aliphatic rings. The topological polar surface area (TPSA) is 71.8 Å². The number of rotatable bonds is 1. The molecule has 5 aromatic carbocycles. The van der Waals surface area contributed by atoms with Gasteiger partial charge in [-0.2, -0.15) is 10.2 Å². The van der Waals surface area contributed by atoms with E-state index in [1.54, 1.807) is 6.20 Å². The van der Waals surface area contributed by atoms with E-state index in [1.165, 1.54) is 48.9 Å². The van der Waals surface area contributed by atoms with Crippen molar-refractivity contribution in [1.82, 2.24) is 23.9 Å². The molecule has 0 N–H and O–H groups in total. The van der Waals surface area contributed by atoms with E-state index in [0.717, 1.165) is 21.8 Å². The van der Waals surface area contributed by atoms with Gasteiger partial charge in [0.1, 0.15) is 6.07 Å². The van der Waals surface area contributed by atoms with E-state index in [-0.39, 0.29) is 0 Å². The van der Waals surface area contributed by atoms with Gasteiger partial charge < -0.3 is 4.40 Å². The SMILES string of the molecule is N#Cc1nc(-n2c3ccccc3c3c4c5ccc6ccccc6c5n5c6ccccc6c(cc32)c45)nc2ncccc12. The predicted molar refractivity (Wildman–Crippen MR) is 169 cm³/mol. The highest BCUT2D eigenvalue weighted by atomic mass is 15.2. The number of para-hydroxylation sites is 2. The summed E-state index contributed by atoms with van der Waals surface area (Å²) >= 11 is 0. The summed E-state index contributed by atoms with van der Waals surface area (Å²) in [4.78, 5) is 14.2. The number of fused-ring (bicyclic) bond motifs is 13. The van der Waals surface area contributed by atoms with E-state index < -0.39 is 0 Å². The Hall–Kier alpha value is -6.06. The highest BCUT2D eigenvalue weighted by Crippen LogP contribution is 2.47.